The molecule has 2 saturated heterocycles. The number of rotatable bonds is 7. The van der Waals surface area contributed by atoms with Crippen molar-refractivity contribution in [3.05, 3.63) is 35.9 Å². The van der Waals surface area contributed by atoms with Crippen molar-refractivity contribution in [1.29, 1.82) is 5.26 Å². The summed E-state index contributed by atoms with van der Waals surface area (Å²) >= 11 is 0. The maximum absolute atomic E-state index is 10.4. The number of nitrogens with zero attached hydrogens (tertiary/aromatic N) is 1. The fraction of sp³-hybridized carbons (Fsp3) is 0.667. The number of benzene rings is 1. The molecular weight excluding hydrogens is 426 g/mol. The Hall–Kier alpha value is -1.69. The van der Waals surface area contributed by atoms with Crippen LogP contribution in [0.25, 0.3) is 0 Å². The Morgan fingerprint density at radius 1 is 0.812 bits per heavy atom. The van der Waals surface area contributed by atoms with Crippen molar-refractivity contribution in [1.82, 2.24) is 0 Å². The summed E-state index contributed by atoms with van der Waals surface area (Å²) in [5.41, 5.74) is 0.709. The molecule has 0 saturated carbocycles. The van der Waals surface area contributed by atoms with Gasteiger partial charge in [0.15, 0.2) is 6.29 Å². The molecule has 0 aliphatic carbocycles. The van der Waals surface area contributed by atoms with Crippen molar-refractivity contribution in [2.75, 3.05) is 13.2 Å². The zero-order valence-corrected chi connectivity index (χ0v) is 17.2. The maximum atomic E-state index is 10.4. The zero-order valence-electron chi connectivity index (χ0n) is 17.2. The number of aliphatic hydroxyl groups excluding tert-OH is 7. The first-order chi connectivity index (χ1) is 15.3. The second kappa shape index (κ2) is 11.0. The van der Waals surface area contributed by atoms with E-state index in [1.54, 1.807) is 30.3 Å². The van der Waals surface area contributed by atoms with Crippen LogP contribution in [0.3, 0.4) is 0 Å². The lowest BCUT2D eigenvalue weighted by molar-refractivity contribution is -0.314. The van der Waals surface area contributed by atoms with E-state index in [0.717, 1.165) is 0 Å². The van der Waals surface area contributed by atoms with E-state index in [4.69, 9.17) is 14.2 Å². The molecule has 1 aromatic rings. The molecule has 0 radical (unpaired) electrons. The van der Waals surface area contributed by atoms with E-state index in [9.17, 15) is 41.0 Å². The number of ether oxygens (including phenoxy) is 3. The third kappa shape index (κ3) is 5.27. The van der Waals surface area contributed by atoms with Crippen LogP contribution in [0.15, 0.2) is 30.3 Å². The molecule has 2 fully saturated rings. The van der Waals surface area contributed by atoms with E-state index < -0.39 is 80.4 Å². The minimum absolute atomic E-state index is 0.0437. The molecule has 7 N–H and O–H groups in total. The number of hydrogen-bond acceptors (Lipinski definition) is 11. The van der Waals surface area contributed by atoms with Gasteiger partial charge in [0, 0.05) is 0 Å². The monoisotopic (exact) mass is 455 g/mol. The molecule has 0 aromatic heterocycles. The summed E-state index contributed by atoms with van der Waals surface area (Å²) in [6.45, 7) is -1.04. The predicted octanol–water partition coefficient (Wildman–Crippen LogP) is -2.65. The molecule has 11 heteroatoms. The van der Waals surface area contributed by atoms with Gasteiger partial charge in [-0.3, -0.25) is 0 Å². The fourth-order valence-corrected chi connectivity index (χ4v) is 3.94. The largest absolute Gasteiger partial charge is 0.394 e. The second-order valence-corrected chi connectivity index (χ2v) is 8.04. The van der Waals surface area contributed by atoms with Crippen LogP contribution in [0, 0.1) is 11.3 Å². The van der Waals surface area contributed by atoms with Crippen molar-refractivity contribution in [2.45, 2.75) is 73.6 Å². The van der Waals surface area contributed by atoms with Crippen molar-refractivity contribution in [3.8, 4) is 6.07 Å². The Balaban J connectivity index is 1.65. The smallest absolute Gasteiger partial charge is 0.186 e. The van der Waals surface area contributed by atoms with Gasteiger partial charge in [0.25, 0.3) is 0 Å². The Bertz CT molecular complexity index is 759. The Labute approximate surface area is 184 Å². The van der Waals surface area contributed by atoms with Crippen molar-refractivity contribution >= 4 is 0 Å². The molecule has 178 valence electrons. The molecule has 2 aliphatic heterocycles. The molecule has 2 heterocycles. The quantitative estimate of drug-likeness (QED) is 0.227. The summed E-state index contributed by atoms with van der Waals surface area (Å²) < 4.78 is 16.4. The first kappa shape index (κ1) is 24.9. The highest BCUT2D eigenvalue weighted by molar-refractivity contribution is 5.25. The molecule has 32 heavy (non-hydrogen) atoms. The van der Waals surface area contributed by atoms with Crippen molar-refractivity contribution in [2.24, 2.45) is 0 Å². The van der Waals surface area contributed by atoms with E-state index in [1.807, 2.05) is 0 Å². The van der Waals surface area contributed by atoms with Gasteiger partial charge in [0.1, 0.15) is 48.8 Å². The highest BCUT2D eigenvalue weighted by Gasteiger charge is 2.47. The van der Waals surface area contributed by atoms with Gasteiger partial charge in [-0.1, -0.05) is 30.3 Å². The van der Waals surface area contributed by atoms with Gasteiger partial charge in [-0.15, -0.1) is 0 Å². The Morgan fingerprint density at radius 3 is 2.03 bits per heavy atom. The van der Waals surface area contributed by atoms with E-state index >= 15 is 0 Å². The van der Waals surface area contributed by atoms with Crippen LogP contribution >= 0.6 is 0 Å². The first-order valence-electron chi connectivity index (χ1n) is 10.3. The van der Waals surface area contributed by atoms with E-state index in [-0.39, 0.29) is 6.42 Å². The van der Waals surface area contributed by atoms with Crippen molar-refractivity contribution < 1.29 is 50.0 Å². The molecule has 0 spiro atoms. The number of hydrogen-bond donors (Lipinski definition) is 7. The lowest BCUT2D eigenvalue weighted by atomic mass is 9.87. The summed E-state index contributed by atoms with van der Waals surface area (Å²) in [4.78, 5) is 0. The first-order valence-corrected chi connectivity index (χ1v) is 10.3. The van der Waals surface area contributed by atoms with Gasteiger partial charge in [-0.2, -0.15) is 5.26 Å². The van der Waals surface area contributed by atoms with Crippen LogP contribution in [0.4, 0.5) is 0 Å². The van der Waals surface area contributed by atoms with Gasteiger partial charge in [-0.05, 0) is 12.0 Å². The van der Waals surface area contributed by atoms with Gasteiger partial charge in [-0.25, -0.2) is 0 Å². The fourth-order valence-electron chi connectivity index (χ4n) is 3.94. The summed E-state index contributed by atoms with van der Waals surface area (Å²) in [6.07, 6.45) is -14.1. The Morgan fingerprint density at radius 2 is 1.41 bits per heavy atom. The molecule has 0 bridgehead atoms. The highest BCUT2D eigenvalue weighted by atomic mass is 16.7. The second-order valence-electron chi connectivity index (χ2n) is 8.04. The molecule has 0 amide bonds. The average molecular weight is 455 g/mol. The predicted molar refractivity (Wildman–Crippen MR) is 106 cm³/mol. The molecule has 2 aliphatic rings. The summed E-state index contributed by atoms with van der Waals surface area (Å²) in [5, 5.41) is 79.5. The average Bonchev–Trinajstić information content (AvgIpc) is 2.81. The third-order valence-corrected chi connectivity index (χ3v) is 5.91. The van der Waals surface area contributed by atoms with Gasteiger partial charge in [0.2, 0.25) is 0 Å². The summed E-state index contributed by atoms with van der Waals surface area (Å²) in [7, 11) is 0. The van der Waals surface area contributed by atoms with Crippen LogP contribution in [0.5, 0.6) is 0 Å². The van der Waals surface area contributed by atoms with Gasteiger partial charge < -0.3 is 50.0 Å². The van der Waals surface area contributed by atoms with Gasteiger partial charge >= 0.3 is 0 Å². The molecule has 0 unspecified atom stereocenters. The maximum Gasteiger partial charge on any atom is 0.186 e. The minimum Gasteiger partial charge on any atom is -0.394 e. The minimum atomic E-state index is -1.64. The van der Waals surface area contributed by atoms with E-state index in [2.05, 4.69) is 6.07 Å². The van der Waals surface area contributed by atoms with Crippen LogP contribution in [0.1, 0.15) is 17.9 Å². The van der Waals surface area contributed by atoms with Crippen LogP contribution in [-0.2, 0) is 14.2 Å². The topological polar surface area (TPSA) is 193 Å². The zero-order chi connectivity index (χ0) is 23.4. The number of aliphatic hydroxyl groups is 7. The molecule has 3 rings (SSSR count). The van der Waals surface area contributed by atoms with E-state index in [1.165, 1.54) is 0 Å². The van der Waals surface area contributed by atoms with E-state index in [0.29, 0.717) is 5.56 Å². The SMILES string of the molecule is N#C[C@H](C[C@@H]1O[C@H](CO[C@@H]2O[C@H](CO)[C@@H](O)[C@H](O)[C@@H]2O)[C@@H](O)[C@@H](O)[C@@H]1O)c1ccccc1. The van der Waals surface area contributed by atoms with Gasteiger partial charge in [0.05, 0.1) is 31.3 Å². The lowest BCUT2D eigenvalue weighted by Crippen LogP contribution is -2.61. The highest BCUT2D eigenvalue weighted by Crippen LogP contribution is 2.30. The Kier molecular flexibility index (Phi) is 8.54. The molecule has 11 atom stereocenters. The normalized spacial score (nSPS) is 41.1. The summed E-state index contributed by atoms with van der Waals surface area (Å²) in [5.74, 6) is -0.634. The molecular formula is C21H29NO10. The summed E-state index contributed by atoms with van der Waals surface area (Å²) in [6, 6.07) is 11.0. The van der Waals surface area contributed by atoms with Crippen LogP contribution < -0.4 is 0 Å². The van der Waals surface area contributed by atoms with Crippen LogP contribution in [-0.4, -0.2) is 110 Å². The third-order valence-electron chi connectivity index (χ3n) is 5.91. The van der Waals surface area contributed by atoms with Crippen LogP contribution in [0.2, 0.25) is 0 Å². The molecule has 1 aromatic carbocycles. The van der Waals surface area contributed by atoms with Crippen molar-refractivity contribution in [3.63, 3.8) is 0 Å². The lowest BCUT2D eigenvalue weighted by Gasteiger charge is -2.43. The number of nitriles is 1. The molecule has 11 nitrogen and oxygen atoms in total. The standard InChI is InChI=1S/C21H29NO10/c22-7-11(10-4-2-1-3-5-10)6-12-15(24)18(27)17(26)14(31-12)9-30-21-20(29)19(28)16(25)13(8-23)32-21/h1-5,11-21,23-29H,6,8-9H2/t11-,12-,13+,14+,15+,16+,17+,18-,19-,20-,21+/m0/s1.